The number of aromatic nitrogens is 1. The molecule has 0 saturated heterocycles. The van der Waals surface area contributed by atoms with Gasteiger partial charge in [-0.1, -0.05) is 18.2 Å². The second-order valence-corrected chi connectivity index (χ2v) is 4.83. The minimum atomic E-state index is 0.659. The molecule has 0 aliphatic rings. The first kappa shape index (κ1) is 10.5. The molecule has 0 bridgehead atoms. The number of aryl methyl sites for hydroxylation is 1. The van der Waals surface area contributed by atoms with Gasteiger partial charge in [0, 0.05) is 5.56 Å². The van der Waals surface area contributed by atoms with E-state index < -0.39 is 0 Å². The van der Waals surface area contributed by atoms with Crippen molar-refractivity contribution in [2.45, 2.75) is 6.92 Å². The molecule has 0 radical (unpaired) electrons. The van der Waals surface area contributed by atoms with Crippen LogP contribution in [0.4, 0.5) is 0 Å². The lowest BCUT2D eigenvalue weighted by molar-refractivity contribution is 0.618. The highest BCUT2D eigenvalue weighted by atomic mass is 79.9. The van der Waals surface area contributed by atoms with E-state index in [1.54, 1.807) is 0 Å². The Kier molecular flexibility index (Phi) is 2.48. The number of hydrogen-bond acceptors (Lipinski definition) is 2. The van der Waals surface area contributed by atoms with Gasteiger partial charge in [0.25, 0.3) is 0 Å². The van der Waals surface area contributed by atoms with Crippen LogP contribution < -0.4 is 0 Å². The third-order valence-corrected chi connectivity index (χ3v) is 3.20. The van der Waals surface area contributed by atoms with Gasteiger partial charge in [-0.3, -0.25) is 0 Å². The Morgan fingerprint density at radius 2 is 1.88 bits per heavy atom. The Hall–Kier alpha value is -1.61. The predicted octanol–water partition coefficient (Wildman–Crippen LogP) is 4.57. The molecule has 0 saturated carbocycles. The standard InChI is InChI=1S/C14H10BrNO/c1-9-7-11(15)13-12(8-9)16-14(17-13)10-5-3-2-4-6-10/h2-8H,1H3. The fraction of sp³-hybridized carbons (Fsp3) is 0.0714. The zero-order chi connectivity index (χ0) is 11.8. The van der Waals surface area contributed by atoms with Crippen molar-refractivity contribution in [3.8, 4) is 11.5 Å². The lowest BCUT2D eigenvalue weighted by Gasteiger charge is -1.93. The summed E-state index contributed by atoms with van der Waals surface area (Å²) in [6.45, 7) is 2.04. The van der Waals surface area contributed by atoms with Gasteiger partial charge in [-0.2, -0.15) is 0 Å². The van der Waals surface area contributed by atoms with E-state index in [2.05, 4.69) is 20.9 Å². The van der Waals surface area contributed by atoms with Gasteiger partial charge in [0.05, 0.1) is 4.47 Å². The number of benzene rings is 2. The van der Waals surface area contributed by atoms with Crippen LogP contribution in [-0.4, -0.2) is 4.98 Å². The van der Waals surface area contributed by atoms with E-state index in [0.29, 0.717) is 5.89 Å². The lowest BCUT2D eigenvalue weighted by Crippen LogP contribution is -1.76. The maximum absolute atomic E-state index is 5.78. The summed E-state index contributed by atoms with van der Waals surface area (Å²) in [6, 6.07) is 14.0. The molecule has 3 heteroatoms. The zero-order valence-electron chi connectivity index (χ0n) is 9.27. The van der Waals surface area contributed by atoms with Crippen LogP contribution >= 0.6 is 15.9 Å². The van der Waals surface area contributed by atoms with Crippen LogP contribution in [0.3, 0.4) is 0 Å². The van der Waals surface area contributed by atoms with E-state index in [1.807, 2.05) is 49.4 Å². The highest BCUT2D eigenvalue weighted by Crippen LogP contribution is 2.30. The molecule has 3 rings (SSSR count). The molecule has 0 unspecified atom stereocenters. The number of oxazole rings is 1. The molecule has 0 atom stereocenters. The predicted molar refractivity (Wildman–Crippen MR) is 71.9 cm³/mol. The first-order chi connectivity index (χ1) is 8.24. The Bertz CT molecular complexity index is 673. The van der Waals surface area contributed by atoms with Crippen LogP contribution in [0.1, 0.15) is 5.56 Å². The second-order valence-electron chi connectivity index (χ2n) is 3.98. The van der Waals surface area contributed by atoms with E-state index in [-0.39, 0.29) is 0 Å². The summed E-state index contributed by atoms with van der Waals surface area (Å²) in [5.74, 6) is 0.659. The van der Waals surface area contributed by atoms with E-state index in [4.69, 9.17) is 4.42 Å². The molecule has 0 amide bonds. The SMILES string of the molecule is Cc1cc(Br)c2oc(-c3ccccc3)nc2c1. The summed E-state index contributed by atoms with van der Waals surface area (Å²) < 4.78 is 6.73. The summed E-state index contributed by atoms with van der Waals surface area (Å²) in [5.41, 5.74) is 3.84. The van der Waals surface area contributed by atoms with Gasteiger partial charge in [-0.25, -0.2) is 4.98 Å². The minimum Gasteiger partial charge on any atom is -0.435 e. The fourth-order valence-electron chi connectivity index (χ4n) is 1.83. The third kappa shape index (κ3) is 1.87. The first-order valence-electron chi connectivity index (χ1n) is 5.36. The molecule has 1 heterocycles. The fourth-order valence-corrected chi connectivity index (χ4v) is 2.47. The number of fused-ring (bicyclic) bond motifs is 1. The molecule has 0 spiro atoms. The second kappa shape index (κ2) is 4.00. The van der Waals surface area contributed by atoms with Gasteiger partial charge < -0.3 is 4.42 Å². The smallest absolute Gasteiger partial charge is 0.227 e. The average molecular weight is 288 g/mol. The van der Waals surface area contributed by atoms with Crippen molar-refractivity contribution in [3.05, 3.63) is 52.5 Å². The summed E-state index contributed by atoms with van der Waals surface area (Å²) in [4.78, 5) is 4.51. The van der Waals surface area contributed by atoms with Gasteiger partial charge in [0.15, 0.2) is 5.58 Å². The molecule has 17 heavy (non-hydrogen) atoms. The summed E-state index contributed by atoms with van der Waals surface area (Å²) in [7, 11) is 0. The van der Waals surface area contributed by atoms with Crippen LogP contribution in [0, 0.1) is 6.92 Å². The van der Waals surface area contributed by atoms with E-state index in [0.717, 1.165) is 26.7 Å². The van der Waals surface area contributed by atoms with Crippen molar-refractivity contribution in [2.75, 3.05) is 0 Å². The maximum Gasteiger partial charge on any atom is 0.227 e. The zero-order valence-corrected chi connectivity index (χ0v) is 10.9. The molecular weight excluding hydrogens is 278 g/mol. The van der Waals surface area contributed by atoms with E-state index >= 15 is 0 Å². The molecule has 2 nitrogen and oxygen atoms in total. The van der Waals surface area contributed by atoms with Crippen LogP contribution in [0.2, 0.25) is 0 Å². The molecule has 3 aromatic rings. The van der Waals surface area contributed by atoms with Crippen LogP contribution in [0.5, 0.6) is 0 Å². The molecule has 2 aromatic carbocycles. The van der Waals surface area contributed by atoms with Gasteiger partial charge in [-0.05, 0) is 52.7 Å². The monoisotopic (exact) mass is 287 g/mol. The Morgan fingerprint density at radius 3 is 2.65 bits per heavy atom. The first-order valence-corrected chi connectivity index (χ1v) is 6.15. The number of rotatable bonds is 1. The number of halogens is 1. The van der Waals surface area contributed by atoms with Gasteiger partial charge >= 0.3 is 0 Å². The van der Waals surface area contributed by atoms with Crippen LogP contribution in [-0.2, 0) is 0 Å². The highest BCUT2D eigenvalue weighted by Gasteiger charge is 2.10. The Labute approximate surface area is 107 Å². The van der Waals surface area contributed by atoms with Gasteiger partial charge in [0.2, 0.25) is 5.89 Å². The molecule has 0 N–H and O–H groups in total. The van der Waals surface area contributed by atoms with E-state index in [9.17, 15) is 0 Å². The molecular formula is C14H10BrNO. The average Bonchev–Trinajstić information content (AvgIpc) is 2.74. The Balaban J connectivity index is 2.24. The van der Waals surface area contributed by atoms with Crippen molar-refractivity contribution in [1.29, 1.82) is 0 Å². The maximum atomic E-state index is 5.78. The van der Waals surface area contributed by atoms with Crippen molar-refractivity contribution >= 4 is 27.0 Å². The molecule has 0 aliphatic carbocycles. The highest BCUT2D eigenvalue weighted by molar-refractivity contribution is 9.10. The topological polar surface area (TPSA) is 26.0 Å². The largest absolute Gasteiger partial charge is 0.435 e. The lowest BCUT2D eigenvalue weighted by atomic mass is 10.2. The number of nitrogens with zero attached hydrogens (tertiary/aromatic N) is 1. The summed E-state index contributed by atoms with van der Waals surface area (Å²) >= 11 is 3.50. The van der Waals surface area contributed by atoms with Crippen molar-refractivity contribution in [3.63, 3.8) is 0 Å². The molecule has 1 aromatic heterocycles. The summed E-state index contributed by atoms with van der Waals surface area (Å²) in [6.07, 6.45) is 0. The van der Waals surface area contributed by atoms with Gasteiger partial charge in [0.1, 0.15) is 5.52 Å². The Morgan fingerprint density at radius 1 is 1.12 bits per heavy atom. The van der Waals surface area contributed by atoms with E-state index in [1.165, 1.54) is 0 Å². The van der Waals surface area contributed by atoms with Crippen molar-refractivity contribution in [1.82, 2.24) is 4.98 Å². The van der Waals surface area contributed by atoms with Crippen molar-refractivity contribution in [2.24, 2.45) is 0 Å². The van der Waals surface area contributed by atoms with Crippen LogP contribution in [0.15, 0.2) is 51.4 Å². The normalized spacial score (nSPS) is 10.9. The quantitative estimate of drug-likeness (QED) is 0.655. The van der Waals surface area contributed by atoms with Crippen molar-refractivity contribution < 1.29 is 4.42 Å². The van der Waals surface area contributed by atoms with Crippen LogP contribution in [0.25, 0.3) is 22.6 Å². The molecule has 0 aliphatic heterocycles. The molecule has 0 fully saturated rings. The minimum absolute atomic E-state index is 0.659. The number of hydrogen-bond donors (Lipinski definition) is 0. The third-order valence-electron chi connectivity index (χ3n) is 2.61. The van der Waals surface area contributed by atoms with Gasteiger partial charge in [-0.15, -0.1) is 0 Å². The molecule has 84 valence electrons. The summed E-state index contributed by atoms with van der Waals surface area (Å²) in [5, 5.41) is 0.